The van der Waals surface area contributed by atoms with Crippen LogP contribution in [0.5, 0.6) is 0 Å². The van der Waals surface area contributed by atoms with Crippen LogP contribution in [0, 0.1) is 0 Å². The molecule has 0 radical (unpaired) electrons. The van der Waals surface area contributed by atoms with Crippen LogP contribution in [0.25, 0.3) is 0 Å². The van der Waals surface area contributed by atoms with E-state index in [4.69, 9.17) is 0 Å². The van der Waals surface area contributed by atoms with Crippen molar-refractivity contribution >= 4 is 23.2 Å². The number of hydrogen-bond acceptors (Lipinski definition) is 3. The van der Waals surface area contributed by atoms with Gasteiger partial charge in [-0.25, -0.2) is 0 Å². The van der Waals surface area contributed by atoms with Crippen LogP contribution in [0.4, 0.5) is 0 Å². The van der Waals surface area contributed by atoms with Crippen molar-refractivity contribution < 1.29 is 9.59 Å². The van der Waals surface area contributed by atoms with Crippen LogP contribution in [-0.2, 0) is 4.79 Å². The van der Waals surface area contributed by atoms with Crippen molar-refractivity contribution in [2.45, 2.75) is 25.8 Å². The minimum atomic E-state index is -0.348. The zero-order chi connectivity index (χ0) is 23.0. The molecule has 1 aromatic heterocycles. The third-order valence-corrected chi connectivity index (χ3v) is 6.42. The van der Waals surface area contributed by atoms with Gasteiger partial charge in [-0.05, 0) is 54.0 Å². The zero-order valence-electron chi connectivity index (χ0n) is 18.5. The van der Waals surface area contributed by atoms with Gasteiger partial charge in [-0.1, -0.05) is 84.5 Å². The third kappa shape index (κ3) is 5.76. The highest BCUT2D eigenvalue weighted by atomic mass is 32.1. The van der Waals surface area contributed by atoms with Gasteiger partial charge < -0.3 is 10.6 Å². The monoisotopic (exact) mass is 454 g/mol. The van der Waals surface area contributed by atoms with Gasteiger partial charge in [0.05, 0.1) is 10.9 Å². The van der Waals surface area contributed by atoms with Gasteiger partial charge in [0.25, 0.3) is 11.8 Å². The lowest BCUT2D eigenvalue weighted by Crippen LogP contribution is -2.37. The van der Waals surface area contributed by atoms with E-state index in [1.165, 1.54) is 16.9 Å². The lowest BCUT2D eigenvalue weighted by Gasteiger charge is -2.21. The number of amides is 2. The van der Waals surface area contributed by atoms with Crippen molar-refractivity contribution in [2.24, 2.45) is 0 Å². The Morgan fingerprint density at radius 2 is 1.61 bits per heavy atom. The number of thiophene rings is 1. The second-order valence-corrected chi connectivity index (χ2v) is 8.84. The lowest BCUT2D eigenvalue weighted by atomic mass is 9.97. The predicted octanol–water partition coefficient (Wildman–Crippen LogP) is 5.93. The summed E-state index contributed by atoms with van der Waals surface area (Å²) in [6.45, 7) is 2.06. The summed E-state index contributed by atoms with van der Waals surface area (Å²) < 4.78 is 0. The molecule has 0 spiro atoms. The molecule has 4 nitrogen and oxygen atoms in total. The maximum atomic E-state index is 13.5. The molecule has 166 valence electrons. The summed E-state index contributed by atoms with van der Waals surface area (Å²) in [5, 5.41) is 7.83. The van der Waals surface area contributed by atoms with Crippen molar-refractivity contribution in [1.82, 2.24) is 10.6 Å². The molecule has 1 heterocycles. The van der Waals surface area contributed by atoms with E-state index in [1.54, 1.807) is 12.1 Å². The van der Waals surface area contributed by atoms with E-state index < -0.39 is 0 Å². The van der Waals surface area contributed by atoms with Gasteiger partial charge in [0.1, 0.15) is 5.70 Å². The highest BCUT2D eigenvalue weighted by Gasteiger charge is 2.21. The van der Waals surface area contributed by atoms with Crippen molar-refractivity contribution in [1.29, 1.82) is 0 Å². The first-order chi connectivity index (χ1) is 16.1. The van der Waals surface area contributed by atoms with E-state index in [2.05, 4.69) is 23.6 Å². The number of carbonyl (C=O) groups excluding carboxylic acids is 2. The quantitative estimate of drug-likeness (QED) is 0.435. The van der Waals surface area contributed by atoms with Gasteiger partial charge in [0, 0.05) is 0 Å². The molecule has 2 amide bonds. The normalized spacial score (nSPS) is 13.8. The average Bonchev–Trinajstić information content (AvgIpc) is 3.40. The molecule has 0 unspecified atom stereocenters. The molecule has 1 aliphatic carbocycles. The van der Waals surface area contributed by atoms with Crippen molar-refractivity contribution in [3.63, 3.8) is 0 Å². The number of rotatable bonds is 7. The topological polar surface area (TPSA) is 58.2 Å². The standard InChI is InChI=1S/C28H26N2O2S/c1-20-11-8-9-16-23(20)19-24(29-28(32)25-17-10-18-33-25)27(31)30-26(21-12-4-2-5-13-21)22-14-6-3-7-15-22/h2-7,9-10,12-19,26H,8,11H2,1H3,(H,29,32)(H,30,31)/b24-19-. The molecule has 0 aliphatic heterocycles. The molecule has 0 saturated heterocycles. The van der Waals surface area contributed by atoms with Crippen LogP contribution >= 0.6 is 11.3 Å². The molecule has 5 heteroatoms. The molecular formula is C28H26N2O2S. The highest BCUT2D eigenvalue weighted by molar-refractivity contribution is 7.12. The van der Waals surface area contributed by atoms with E-state index in [1.807, 2.05) is 78.2 Å². The average molecular weight is 455 g/mol. The molecule has 2 N–H and O–H groups in total. The van der Waals surface area contributed by atoms with Gasteiger partial charge in [-0.2, -0.15) is 0 Å². The summed E-state index contributed by atoms with van der Waals surface area (Å²) in [6.07, 6.45) is 7.80. The number of carbonyl (C=O) groups is 2. The van der Waals surface area contributed by atoms with Crippen LogP contribution in [0.1, 0.15) is 46.6 Å². The molecule has 2 aromatic carbocycles. The van der Waals surface area contributed by atoms with Crippen LogP contribution < -0.4 is 10.6 Å². The van der Waals surface area contributed by atoms with E-state index in [-0.39, 0.29) is 23.6 Å². The fourth-order valence-electron chi connectivity index (χ4n) is 3.73. The van der Waals surface area contributed by atoms with Gasteiger partial charge in [-0.3, -0.25) is 9.59 Å². The van der Waals surface area contributed by atoms with E-state index in [0.29, 0.717) is 4.88 Å². The van der Waals surface area contributed by atoms with Gasteiger partial charge in [0.15, 0.2) is 0 Å². The maximum Gasteiger partial charge on any atom is 0.268 e. The van der Waals surface area contributed by atoms with Crippen LogP contribution in [-0.4, -0.2) is 11.8 Å². The summed E-state index contributed by atoms with van der Waals surface area (Å²) in [5.74, 6) is -0.627. The predicted molar refractivity (Wildman–Crippen MR) is 134 cm³/mol. The van der Waals surface area contributed by atoms with E-state index in [9.17, 15) is 9.59 Å². The van der Waals surface area contributed by atoms with Crippen molar-refractivity contribution in [3.05, 3.63) is 129 Å². The van der Waals surface area contributed by atoms with Crippen molar-refractivity contribution in [2.75, 3.05) is 0 Å². The lowest BCUT2D eigenvalue weighted by molar-refractivity contribution is -0.118. The first-order valence-corrected chi connectivity index (χ1v) is 11.8. The largest absolute Gasteiger partial charge is 0.340 e. The first-order valence-electron chi connectivity index (χ1n) is 11.0. The number of benzene rings is 2. The van der Waals surface area contributed by atoms with Gasteiger partial charge >= 0.3 is 0 Å². The molecule has 0 fully saturated rings. The van der Waals surface area contributed by atoms with Crippen LogP contribution in [0.15, 0.2) is 113 Å². The number of hydrogen-bond donors (Lipinski definition) is 2. The Morgan fingerprint density at radius 3 is 2.18 bits per heavy atom. The maximum absolute atomic E-state index is 13.5. The summed E-state index contributed by atoms with van der Waals surface area (Å²) in [6, 6.07) is 22.9. The third-order valence-electron chi connectivity index (χ3n) is 5.56. The Balaban J connectivity index is 1.67. The Kier molecular flexibility index (Phi) is 7.33. The fraction of sp³-hybridized carbons (Fsp3) is 0.143. The van der Waals surface area contributed by atoms with E-state index >= 15 is 0 Å². The molecule has 1 aliphatic rings. The summed E-state index contributed by atoms with van der Waals surface area (Å²) in [4.78, 5) is 26.9. The summed E-state index contributed by atoms with van der Waals surface area (Å²) in [7, 11) is 0. The highest BCUT2D eigenvalue weighted by Crippen LogP contribution is 2.24. The molecule has 33 heavy (non-hydrogen) atoms. The SMILES string of the molecule is CC1=C(/C=C(\NC(=O)c2cccs2)C(=O)NC(c2ccccc2)c2ccccc2)C=CCC1. The molecular weight excluding hydrogens is 428 g/mol. The van der Waals surface area contributed by atoms with Crippen LogP contribution in [0.2, 0.25) is 0 Å². The van der Waals surface area contributed by atoms with Crippen LogP contribution in [0.3, 0.4) is 0 Å². The first kappa shape index (κ1) is 22.5. The molecule has 4 rings (SSSR count). The summed E-state index contributed by atoms with van der Waals surface area (Å²) in [5.41, 5.74) is 4.30. The second kappa shape index (κ2) is 10.7. The van der Waals surface area contributed by atoms with Gasteiger partial charge in [0.2, 0.25) is 0 Å². The molecule has 0 atom stereocenters. The zero-order valence-corrected chi connectivity index (χ0v) is 19.3. The smallest absolute Gasteiger partial charge is 0.268 e. The minimum Gasteiger partial charge on any atom is -0.340 e. The Morgan fingerprint density at radius 1 is 0.939 bits per heavy atom. The minimum absolute atomic E-state index is 0.228. The Labute approximate surface area is 198 Å². The second-order valence-electron chi connectivity index (χ2n) is 7.89. The van der Waals surface area contributed by atoms with E-state index in [0.717, 1.165) is 29.5 Å². The van der Waals surface area contributed by atoms with Gasteiger partial charge in [-0.15, -0.1) is 11.3 Å². The molecule has 0 saturated carbocycles. The molecule has 3 aromatic rings. The Bertz CT molecular complexity index is 1150. The molecule has 0 bridgehead atoms. The number of nitrogens with one attached hydrogen (secondary N) is 2. The fourth-order valence-corrected chi connectivity index (χ4v) is 4.35. The summed E-state index contributed by atoms with van der Waals surface area (Å²) >= 11 is 1.34. The number of allylic oxidation sites excluding steroid dienone is 5. The Hall–Kier alpha value is -3.70. The van der Waals surface area contributed by atoms with Crippen molar-refractivity contribution in [3.8, 4) is 0 Å².